The average Bonchev–Trinajstić information content (AvgIpc) is 2.51. The molecule has 0 aliphatic rings. The molecule has 1 heterocycles. The number of rotatable bonds is 6. The summed E-state index contributed by atoms with van der Waals surface area (Å²) >= 11 is 3.56. The molecule has 0 fully saturated rings. The first-order valence-corrected chi connectivity index (χ1v) is 7.95. The Morgan fingerprint density at radius 3 is 2.86 bits per heavy atom. The molecule has 1 aromatic carbocycles. The molecule has 21 heavy (non-hydrogen) atoms. The molecule has 3 nitrogen and oxygen atoms in total. The van der Waals surface area contributed by atoms with Crippen molar-refractivity contribution in [2.75, 3.05) is 13.7 Å². The van der Waals surface area contributed by atoms with E-state index in [-0.39, 0.29) is 6.04 Å². The second-order valence-electron chi connectivity index (χ2n) is 4.98. The van der Waals surface area contributed by atoms with Gasteiger partial charge in [0.25, 0.3) is 0 Å². The number of benzene rings is 1. The lowest BCUT2D eigenvalue weighted by Crippen LogP contribution is -2.25. The van der Waals surface area contributed by atoms with E-state index < -0.39 is 0 Å². The van der Waals surface area contributed by atoms with Crippen LogP contribution in [0.1, 0.15) is 36.2 Å². The molecule has 0 saturated heterocycles. The van der Waals surface area contributed by atoms with Gasteiger partial charge >= 0.3 is 0 Å². The Morgan fingerprint density at radius 2 is 2.14 bits per heavy atom. The zero-order valence-electron chi connectivity index (χ0n) is 12.7. The van der Waals surface area contributed by atoms with Gasteiger partial charge in [-0.15, -0.1) is 0 Å². The normalized spacial score (nSPS) is 12.2. The van der Waals surface area contributed by atoms with Crippen LogP contribution in [-0.2, 0) is 0 Å². The Balaban J connectivity index is 2.49. The van der Waals surface area contributed by atoms with Crippen molar-refractivity contribution >= 4 is 15.9 Å². The van der Waals surface area contributed by atoms with Crippen molar-refractivity contribution in [2.24, 2.45) is 0 Å². The molecule has 0 spiro atoms. The fraction of sp³-hybridized carbons (Fsp3) is 0.353. The lowest BCUT2D eigenvalue weighted by atomic mass is 9.97. The van der Waals surface area contributed by atoms with Gasteiger partial charge < -0.3 is 10.1 Å². The van der Waals surface area contributed by atoms with Crippen LogP contribution in [0, 0.1) is 6.92 Å². The van der Waals surface area contributed by atoms with E-state index in [9.17, 15) is 0 Å². The lowest BCUT2D eigenvalue weighted by molar-refractivity contribution is 0.399. The molecule has 0 amide bonds. The van der Waals surface area contributed by atoms with Gasteiger partial charge in [-0.2, -0.15) is 0 Å². The summed E-state index contributed by atoms with van der Waals surface area (Å²) in [6, 6.07) is 10.2. The lowest BCUT2D eigenvalue weighted by Gasteiger charge is -2.22. The summed E-state index contributed by atoms with van der Waals surface area (Å²) in [5.74, 6) is 0.811. The van der Waals surface area contributed by atoms with Gasteiger partial charge in [0.1, 0.15) is 11.4 Å². The van der Waals surface area contributed by atoms with Gasteiger partial charge in [-0.1, -0.05) is 28.9 Å². The summed E-state index contributed by atoms with van der Waals surface area (Å²) in [7, 11) is 1.69. The highest BCUT2D eigenvalue weighted by Crippen LogP contribution is 2.31. The van der Waals surface area contributed by atoms with E-state index in [0.29, 0.717) is 0 Å². The predicted molar refractivity (Wildman–Crippen MR) is 89.8 cm³/mol. The maximum absolute atomic E-state index is 5.48. The average molecular weight is 349 g/mol. The molecule has 112 valence electrons. The van der Waals surface area contributed by atoms with E-state index in [2.05, 4.69) is 58.3 Å². The molecule has 0 bridgehead atoms. The van der Waals surface area contributed by atoms with E-state index in [1.165, 1.54) is 11.1 Å². The first kappa shape index (κ1) is 16.0. The van der Waals surface area contributed by atoms with Crippen LogP contribution in [0.2, 0.25) is 0 Å². The third-order valence-electron chi connectivity index (χ3n) is 3.44. The number of aryl methyl sites for hydroxylation is 1. The van der Waals surface area contributed by atoms with E-state index in [0.717, 1.165) is 28.9 Å². The standard InChI is InChI=1S/C17H21BrN2O/c1-4-9-19-16(14-11-13(18)8-7-12(14)2)17-15(21-3)6-5-10-20-17/h5-8,10-11,16,19H,4,9H2,1-3H3. The zero-order valence-corrected chi connectivity index (χ0v) is 14.3. The van der Waals surface area contributed by atoms with Gasteiger partial charge in [-0.3, -0.25) is 4.98 Å². The number of nitrogens with one attached hydrogen (secondary N) is 1. The van der Waals surface area contributed by atoms with Gasteiger partial charge in [0.05, 0.1) is 13.2 Å². The largest absolute Gasteiger partial charge is 0.495 e. The van der Waals surface area contributed by atoms with Crippen LogP contribution in [0.4, 0.5) is 0 Å². The van der Waals surface area contributed by atoms with Crippen LogP contribution in [-0.4, -0.2) is 18.6 Å². The molecular weight excluding hydrogens is 328 g/mol. The Kier molecular flexibility index (Phi) is 5.76. The van der Waals surface area contributed by atoms with Crippen LogP contribution in [0.3, 0.4) is 0 Å². The van der Waals surface area contributed by atoms with Crippen molar-refractivity contribution < 1.29 is 4.74 Å². The molecule has 0 radical (unpaired) electrons. The van der Waals surface area contributed by atoms with Crippen molar-refractivity contribution in [1.29, 1.82) is 0 Å². The number of pyridine rings is 1. The number of hydrogen-bond acceptors (Lipinski definition) is 3. The first-order valence-electron chi connectivity index (χ1n) is 7.15. The first-order chi connectivity index (χ1) is 10.2. The summed E-state index contributed by atoms with van der Waals surface area (Å²) in [6.07, 6.45) is 2.88. The highest BCUT2D eigenvalue weighted by atomic mass is 79.9. The molecule has 2 aromatic rings. The van der Waals surface area contributed by atoms with Crippen molar-refractivity contribution in [3.05, 3.63) is 57.8 Å². The number of aromatic nitrogens is 1. The minimum absolute atomic E-state index is 0.0265. The summed E-state index contributed by atoms with van der Waals surface area (Å²) in [5.41, 5.74) is 3.38. The molecule has 1 N–H and O–H groups in total. The smallest absolute Gasteiger partial charge is 0.142 e. The zero-order chi connectivity index (χ0) is 15.2. The van der Waals surface area contributed by atoms with Gasteiger partial charge in [-0.05, 0) is 55.3 Å². The quantitative estimate of drug-likeness (QED) is 0.847. The van der Waals surface area contributed by atoms with Crippen LogP contribution in [0.5, 0.6) is 5.75 Å². The van der Waals surface area contributed by atoms with E-state index in [1.807, 2.05) is 18.3 Å². The van der Waals surface area contributed by atoms with Crippen LogP contribution in [0.15, 0.2) is 41.0 Å². The van der Waals surface area contributed by atoms with Crippen molar-refractivity contribution in [1.82, 2.24) is 10.3 Å². The number of nitrogens with zero attached hydrogens (tertiary/aromatic N) is 1. The Labute approximate surface area is 134 Å². The van der Waals surface area contributed by atoms with E-state index in [4.69, 9.17) is 4.74 Å². The monoisotopic (exact) mass is 348 g/mol. The Bertz CT molecular complexity index is 601. The number of hydrogen-bond donors (Lipinski definition) is 1. The number of methoxy groups -OCH3 is 1. The molecule has 0 aliphatic carbocycles. The number of halogens is 1. The van der Waals surface area contributed by atoms with Crippen molar-refractivity contribution in [3.8, 4) is 5.75 Å². The highest BCUT2D eigenvalue weighted by molar-refractivity contribution is 9.10. The Hall–Kier alpha value is -1.39. The van der Waals surface area contributed by atoms with Gasteiger partial charge in [-0.25, -0.2) is 0 Å². The molecular formula is C17H21BrN2O. The third-order valence-corrected chi connectivity index (χ3v) is 3.94. The molecule has 0 aliphatic heterocycles. The second kappa shape index (κ2) is 7.57. The van der Waals surface area contributed by atoms with Gasteiger partial charge in [0.15, 0.2) is 0 Å². The van der Waals surface area contributed by atoms with Gasteiger partial charge in [0.2, 0.25) is 0 Å². The molecule has 4 heteroatoms. The fourth-order valence-corrected chi connectivity index (χ4v) is 2.74. The maximum Gasteiger partial charge on any atom is 0.142 e. The van der Waals surface area contributed by atoms with Crippen molar-refractivity contribution in [3.63, 3.8) is 0 Å². The molecule has 1 atom stereocenters. The van der Waals surface area contributed by atoms with E-state index >= 15 is 0 Å². The summed E-state index contributed by atoms with van der Waals surface area (Å²) in [6.45, 7) is 5.21. The Morgan fingerprint density at radius 1 is 1.33 bits per heavy atom. The molecule has 1 aromatic heterocycles. The van der Waals surface area contributed by atoms with E-state index in [1.54, 1.807) is 7.11 Å². The second-order valence-corrected chi connectivity index (χ2v) is 5.89. The molecule has 0 saturated carbocycles. The molecule has 1 unspecified atom stereocenters. The minimum atomic E-state index is 0.0265. The topological polar surface area (TPSA) is 34.2 Å². The minimum Gasteiger partial charge on any atom is -0.495 e. The SMILES string of the molecule is CCCNC(c1cc(Br)ccc1C)c1ncccc1OC. The van der Waals surface area contributed by atoms with Crippen LogP contribution < -0.4 is 10.1 Å². The summed E-state index contributed by atoms with van der Waals surface area (Å²) < 4.78 is 6.55. The van der Waals surface area contributed by atoms with Crippen LogP contribution in [0.25, 0.3) is 0 Å². The third kappa shape index (κ3) is 3.83. The fourth-order valence-electron chi connectivity index (χ4n) is 2.36. The number of ether oxygens (including phenoxy) is 1. The summed E-state index contributed by atoms with van der Waals surface area (Å²) in [5, 5.41) is 3.58. The highest BCUT2D eigenvalue weighted by Gasteiger charge is 2.20. The van der Waals surface area contributed by atoms with Crippen LogP contribution >= 0.6 is 15.9 Å². The van der Waals surface area contributed by atoms with Gasteiger partial charge in [0, 0.05) is 10.7 Å². The molecule has 2 rings (SSSR count). The maximum atomic E-state index is 5.48. The van der Waals surface area contributed by atoms with Crippen molar-refractivity contribution in [2.45, 2.75) is 26.3 Å². The summed E-state index contributed by atoms with van der Waals surface area (Å²) in [4.78, 5) is 4.55. The predicted octanol–water partition coefficient (Wildman–Crippen LogP) is 4.25.